The zero-order valence-corrected chi connectivity index (χ0v) is 12.6. The lowest BCUT2D eigenvalue weighted by Crippen LogP contribution is -2.44. The number of hydrogen-bond donors (Lipinski definition) is 0. The molecule has 0 amide bonds. The number of rotatable bonds is 4. The molecule has 1 saturated carbocycles. The lowest BCUT2D eigenvalue weighted by molar-refractivity contribution is -0.00239. The number of sulfonamides is 1. The average molecular weight is 312 g/mol. The second kappa shape index (κ2) is 5.11. The number of nitriles is 1. The van der Waals surface area contributed by atoms with E-state index in [1.165, 1.54) is 4.31 Å². The Morgan fingerprint density at radius 1 is 1.55 bits per heavy atom. The molecule has 1 unspecified atom stereocenters. The molecule has 0 spiro atoms. The maximum atomic E-state index is 12.4. The molecule has 1 aromatic heterocycles. The highest BCUT2D eigenvalue weighted by Gasteiger charge is 2.48. The standard InChI is InChI=1S/C13H16N2O3S2/c14-9-13(2-3-13)10-20(16,17)15-4-5-18-12(7-15)11-1-6-19-8-11/h1,6,8,12H,2-5,7,10H2. The molecule has 5 nitrogen and oxygen atoms in total. The minimum atomic E-state index is -3.38. The molecule has 0 radical (unpaired) electrons. The highest BCUT2D eigenvalue weighted by molar-refractivity contribution is 7.89. The lowest BCUT2D eigenvalue weighted by Gasteiger charge is -2.32. The van der Waals surface area contributed by atoms with E-state index in [4.69, 9.17) is 10.00 Å². The van der Waals surface area contributed by atoms with Crippen LogP contribution in [-0.4, -0.2) is 38.2 Å². The van der Waals surface area contributed by atoms with Crippen molar-refractivity contribution in [3.8, 4) is 6.07 Å². The number of nitrogens with zero attached hydrogens (tertiary/aromatic N) is 2. The predicted molar refractivity (Wildman–Crippen MR) is 75.7 cm³/mol. The van der Waals surface area contributed by atoms with E-state index in [1.54, 1.807) is 11.3 Å². The van der Waals surface area contributed by atoms with E-state index in [1.807, 2.05) is 16.8 Å². The van der Waals surface area contributed by atoms with Crippen molar-refractivity contribution >= 4 is 21.4 Å². The minimum absolute atomic E-state index is 0.0488. The van der Waals surface area contributed by atoms with Crippen molar-refractivity contribution in [2.45, 2.75) is 18.9 Å². The molecule has 1 aliphatic heterocycles. The molecule has 2 aliphatic rings. The molecule has 20 heavy (non-hydrogen) atoms. The Morgan fingerprint density at radius 3 is 2.95 bits per heavy atom. The summed E-state index contributed by atoms with van der Waals surface area (Å²) in [6, 6.07) is 4.11. The number of hydrogen-bond acceptors (Lipinski definition) is 5. The first kappa shape index (κ1) is 14.0. The first-order chi connectivity index (χ1) is 9.55. The van der Waals surface area contributed by atoms with Crippen molar-refractivity contribution in [2.75, 3.05) is 25.4 Å². The second-order valence-corrected chi connectivity index (χ2v) is 8.17. The average Bonchev–Trinajstić information content (AvgIpc) is 3.00. The van der Waals surface area contributed by atoms with Crippen LogP contribution in [0.3, 0.4) is 0 Å². The summed E-state index contributed by atoms with van der Waals surface area (Å²) in [5.41, 5.74) is 0.394. The van der Waals surface area contributed by atoms with Crippen molar-refractivity contribution in [3.05, 3.63) is 22.4 Å². The van der Waals surface area contributed by atoms with Gasteiger partial charge in [-0.25, -0.2) is 8.42 Å². The Hall–Kier alpha value is -0.940. The Bertz CT molecular complexity index is 615. The molecule has 0 bridgehead atoms. The fourth-order valence-electron chi connectivity index (χ4n) is 2.42. The van der Waals surface area contributed by atoms with Gasteiger partial charge in [-0.1, -0.05) is 0 Å². The monoisotopic (exact) mass is 312 g/mol. The number of morpholine rings is 1. The molecule has 1 atom stereocenters. The molecule has 108 valence electrons. The van der Waals surface area contributed by atoms with Crippen molar-refractivity contribution in [1.29, 1.82) is 5.26 Å². The number of ether oxygens (including phenoxy) is 1. The van der Waals surface area contributed by atoms with E-state index in [2.05, 4.69) is 6.07 Å². The van der Waals surface area contributed by atoms with Gasteiger partial charge in [0.2, 0.25) is 10.0 Å². The summed E-state index contributed by atoms with van der Waals surface area (Å²) in [4.78, 5) is 0. The molecule has 1 aliphatic carbocycles. The van der Waals surface area contributed by atoms with Gasteiger partial charge >= 0.3 is 0 Å². The van der Waals surface area contributed by atoms with Gasteiger partial charge in [0.25, 0.3) is 0 Å². The number of thiophene rings is 1. The normalized spacial score (nSPS) is 26.1. The van der Waals surface area contributed by atoms with Crippen LogP contribution in [0, 0.1) is 16.7 Å². The Morgan fingerprint density at radius 2 is 2.35 bits per heavy atom. The minimum Gasteiger partial charge on any atom is -0.371 e. The first-order valence-corrected chi connectivity index (χ1v) is 9.13. The van der Waals surface area contributed by atoms with E-state index in [9.17, 15) is 8.42 Å². The van der Waals surface area contributed by atoms with Crippen molar-refractivity contribution in [2.24, 2.45) is 5.41 Å². The molecule has 1 aromatic rings. The molecular weight excluding hydrogens is 296 g/mol. The summed E-state index contributed by atoms with van der Waals surface area (Å²) in [6.07, 6.45) is 1.20. The van der Waals surface area contributed by atoms with Crippen LogP contribution < -0.4 is 0 Å². The van der Waals surface area contributed by atoms with E-state index in [0.717, 1.165) is 5.56 Å². The van der Waals surface area contributed by atoms with E-state index in [-0.39, 0.29) is 11.9 Å². The third-order valence-corrected chi connectivity index (χ3v) is 6.62. The van der Waals surface area contributed by atoms with Gasteiger partial charge in [-0.15, -0.1) is 0 Å². The molecular formula is C13H16N2O3S2. The summed E-state index contributed by atoms with van der Waals surface area (Å²) in [5, 5.41) is 13.0. The van der Waals surface area contributed by atoms with E-state index in [0.29, 0.717) is 32.5 Å². The zero-order valence-electron chi connectivity index (χ0n) is 11.0. The van der Waals surface area contributed by atoms with Crippen LogP contribution >= 0.6 is 11.3 Å². The molecule has 0 aromatic carbocycles. The van der Waals surface area contributed by atoms with Crippen LogP contribution in [-0.2, 0) is 14.8 Å². The van der Waals surface area contributed by atoms with Gasteiger partial charge < -0.3 is 4.74 Å². The summed E-state index contributed by atoms with van der Waals surface area (Å²) < 4.78 is 32.0. The van der Waals surface area contributed by atoms with Gasteiger partial charge in [0, 0.05) is 13.1 Å². The summed E-state index contributed by atoms with van der Waals surface area (Å²) in [7, 11) is -3.38. The SMILES string of the molecule is N#CC1(CS(=O)(=O)N2CCOC(c3ccsc3)C2)CC1. The fourth-order valence-corrected chi connectivity index (χ4v) is 5.07. The second-order valence-electron chi connectivity index (χ2n) is 5.42. The maximum absolute atomic E-state index is 12.4. The molecule has 7 heteroatoms. The van der Waals surface area contributed by atoms with Crippen LogP contribution in [0.15, 0.2) is 16.8 Å². The van der Waals surface area contributed by atoms with Gasteiger partial charge in [-0.3, -0.25) is 0 Å². The van der Waals surface area contributed by atoms with Crippen LogP contribution in [0.25, 0.3) is 0 Å². The van der Waals surface area contributed by atoms with Gasteiger partial charge in [0.1, 0.15) is 0 Å². The Labute approximate surface area is 122 Å². The van der Waals surface area contributed by atoms with Gasteiger partial charge in [0.15, 0.2) is 0 Å². The quantitative estimate of drug-likeness (QED) is 0.849. The molecule has 3 rings (SSSR count). The van der Waals surface area contributed by atoms with Gasteiger partial charge in [0.05, 0.1) is 29.9 Å². The van der Waals surface area contributed by atoms with E-state index < -0.39 is 15.4 Å². The Balaban J connectivity index is 1.72. The van der Waals surface area contributed by atoms with E-state index >= 15 is 0 Å². The van der Waals surface area contributed by atoms with Gasteiger partial charge in [-0.05, 0) is 35.2 Å². The highest BCUT2D eigenvalue weighted by atomic mass is 32.2. The topological polar surface area (TPSA) is 70.4 Å². The molecule has 0 N–H and O–H groups in total. The third-order valence-electron chi connectivity index (χ3n) is 3.89. The smallest absolute Gasteiger partial charge is 0.215 e. The van der Waals surface area contributed by atoms with Crippen molar-refractivity contribution in [3.63, 3.8) is 0 Å². The van der Waals surface area contributed by atoms with Gasteiger partial charge in [-0.2, -0.15) is 20.9 Å². The summed E-state index contributed by atoms with van der Waals surface area (Å²) >= 11 is 1.57. The fraction of sp³-hybridized carbons (Fsp3) is 0.615. The lowest BCUT2D eigenvalue weighted by atomic mass is 10.2. The van der Waals surface area contributed by atoms with Crippen LogP contribution in [0.1, 0.15) is 24.5 Å². The maximum Gasteiger partial charge on any atom is 0.215 e. The zero-order chi connectivity index (χ0) is 14.2. The summed E-state index contributed by atoms with van der Waals surface area (Å²) in [5.74, 6) is -0.0488. The molecule has 2 fully saturated rings. The Kier molecular flexibility index (Phi) is 3.58. The predicted octanol–water partition coefficient (Wildman–Crippen LogP) is 1.75. The third kappa shape index (κ3) is 2.74. The van der Waals surface area contributed by atoms with Crippen LogP contribution in [0.5, 0.6) is 0 Å². The largest absolute Gasteiger partial charge is 0.371 e. The molecule has 1 saturated heterocycles. The highest BCUT2D eigenvalue weighted by Crippen LogP contribution is 2.46. The van der Waals surface area contributed by atoms with Crippen molar-refractivity contribution < 1.29 is 13.2 Å². The van der Waals surface area contributed by atoms with Crippen molar-refractivity contribution in [1.82, 2.24) is 4.31 Å². The first-order valence-electron chi connectivity index (χ1n) is 6.57. The molecule has 2 heterocycles. The van der Waals surface area contributed by atoms with Crippen LogP contribution in [0.4, 0.5) is 0 Å². The summed E-state index contributed by atoms with van der Waals surface area (Å²) in [6.45, 7) is 1.13. The van der Waals surface area contributed by atoms with Crippen LogP contribution in [0.2, 0.25) is 0 Å².